The third-order valence-corrected chi connectivity index (χ3v) is 3.96. The second kappa shape index (κ2) is 6.28. The van der Waals surface area contributed by atoms with E-state index in [-0.39, 0.29) is 11.8 Å². The molecule has 4 nitrogen and oxygen atoms in total. The molecule has 1 heterocycles. The van der Waals surface area contributed by atoms with Crippen molar-refractivity contribution >= 4 is 23.2 Å². The molecule has 3 rings (SSSR count). The molecule has 0 aromatic heterocycles. The van der Waals surface area contributed by atoms with Crippen LogP contribution in [0.15, 0.2) is 48.5 Å². The van der Waals surface area contributed by atoms with E-state index in [0.29, 0.717) is 18.1 Å². The molecule has 0 saturated heterocycles. The summed E-state index contributed by atoms with van der Waals surface area (Å²) in [5.41, 5.74) is 4.79. The summed E-state index contributed by atoms with van der Waals surface area (Å²) in [4.78, 5) is 12.4. The number of rotatable bonds is 3. The van der Waals surface area contributed by atoms with Gasteiger partial charge in [0.15, 0.2) is 0 Å². The molecule has 0 radical (unpaired) electrons. The highest BCUT2D eigenvalue weighted by Gasteiger charge is 2.26. The molecule has 1 amide bonds. The molecular formula is C17H17ClN2O2. The van der Waals surface area contributed by atoms with Gasteiger partial charge < -0.3 is 4.74 Å². The minimum atomic E-state index is -0.225. The number of nitrogens with zero attached hydrogens (tertiary/aromatic N) is 1. The molecule has 0 aliphatic carbocycles. The quantitative estimate of drug-likeness (QED) is 0.885. The summed E-state index contributed by atoms with van der Waals surface area (Å²) in [5.74, 6) is 0.527. The van der Waals surface area contributed by atoms with E-state index in [4.69, 9.17) is 16.3 Å². The number of hydrogen-bond donors (Lipinski definition) is 1. The SMILES string of the molecule is CN(NC(=O)[C@@H]1COc2ccc(Cl)cc2C1)c1ccccc1. The van der Waals surface area contributed by atoms with E-state index in [1.54, 1.807) is 11.1 Å². The Bertz CT molecular complexity index is 676. The number of carbonyl (C=O) groups is 1. The van der Waals surface area contributed by atoms with Crippen molar-refractivity contribution in [3.8, 4) is 5.75 Å². The Kier molecular flexibility index (Phi) is 4.20. The number of fused-ring (bicyclic) bond motifs is 1. The molecule has 0 bridgehead atoms. The van der Waals surface area contributed by atoms with Crippen molar-refractivity contribution in [2.24, 2.45) is 5.92 Å². The van der Waals surface area contributed by atoms with E-state index in [2.05, 4.69) is 5.43 Å². The van der Waals surface area contributed by atoms with E-state index >= 15 is 0 Å². The maximum atomic E-state index is 12.4. The van der Waals surface area contributed by atoms with Gasteiger partial charge >= 0.3 is 0 Å². The first kappa shape index (κ1) is 14.7. The van der Waals surface area contributed by atoms with Gasteiger partial charge in [-0.05, 0) is 42.3 Å². The summed E-state index contributed by atoms with van der Waals surface area (Å²) in [6, 6.07) is 15.2. The first-order valence-electron chi connectivity index (χ1n) is 7.14. The molecular weight excluding hydrogens is 300 g/mol. The predicted octanol–water partition coefficient (Wildman–Crippen LogP) is 3.06. The Balaban J connectivity index is 1.66. The molecule has 114 valence electrons. The van der Waals surface area contributed by atoms with Crippen LogP contribution < -0.4 is 15.2 Å². The van der Waals surface area contributed by atoms with Crippen LogP contribution in [0, 0.1) is 5.92 Å². The molecule has 2 aromatic carbocycles. The molecule has 1 atom stereocenters. The summed E-state index contributed by atoms with van der Waals surface area (Å²) in [6.45, 7) is 0.378. The average molecular weight is 317 g/mol. The molecule has 0 fully saturated rings. The van der Waals surface area contributed by atoms with Gasteiger partial charge in [0.05, 0.1) is 11.6 Å². The lowest BCUT2D eigenvalue weighted by atomic mass is 9.96. The maximum absolute atomic E-state index is 12.4. The van der Waals surface area contributed by atoms with Crippen LogP contribution in [0.1, 0.15) is 5.56 Å². The van der Waals surface area contributed by atoms with Gasteiger partial charge in [-0.3, -0.25) is 15.2 Å². The van der Waals surface area contributed by atoms with Crippen LogP contribution in [0.5, 0.6) is 5.75 Å². The third kappa shape index (κ3) is 3.17. The topological polar surface area (TPSA) is 41.6 Å². The van der Waals surface area contributed by atoms with E-state index in [1.165, 1.54) is 0 Å². The van der Waals surface area contributed by atoms with E-state index in [1.807, 2.05) is 49.5 Å². The van der Waals surface area contributed by atoms with Gasteiger partial charge in [-0.25, -0.2) is 0 Å². The number of hydrazine groups is 1. The fourth-order valence-electron chi connectivity index (χ4n) is 2.50. The number of hydrogen-bond acceptors (Lipinski definition) is 3. The van der Waals surface area contributed by atoms with E-state index < -0.39 is 0 Å². The van der Waals surface area contributed by atoms with Crippen molar-refractivity contribution in [3.63, 3.8) is 0 Å². The zero-order valence-electron chi connectivity index (χ0n) is 12.3. The van der Waals surface area contributed by atoms with Gasteiger partial charge in [0.2, 0.25) is 5.91 Å². The summed E-state index contributed by atoms with van der Waals surface area (Å²) < 4.78 is 5.66. The summed E-state index contributed by atoms with van der Waals surface area (Å²) in [7, 11) is 1.82. The minimum absolute atomic E-state index is 0.0584. The van der Waals surface area contributed by atoms with Crippen molar-refractivity contribution in [2.75, 3.05) is 18.7 Å². The fraction of sp³-hybridized carbons (Fsp3) is 0.235. The molecule has 1 aliphatic heterocycles. The van der Waals surface area contributed by atoms with Crippen molar-refractivity contribution < 1.29 is 9.53 Å². The van der Waals surface area contributed by atoms with Gasteiger partial charge in [-0.15, -0.1) is 0 Å². The molecule has 2 aromatic rings. The minimum Gasteiger partial charge on any atom is -0.492 e. The summed E-state index contributed by atoms with van der Waals surface area (Å²) in [6.07, 6.45) is 0.629. The molecule has 5 heteroatoms. The fourth-order valence-corrected chi connectivity index (χ4v) is 2.70. The van der Waals surface area contributed by atoms with Gasteiger partial charge in [-0.2, -0.15) is 0 Å². The van der Waals surface area contributed by atoms with Crippen LogP contribution in [0.3, 0.4) is 0 Å². The highest BCUT2D eigenvalue weighted by atomic mass is 35.5. The largest absolute Gasteiger partial charge is 0.492 e. The molecule has 22 heavy (non-hydrogen) atoms. The average Bonchev–Trinajstić information content (AvgIpc) is 2.54. The number of nitrogens with one attached hydrogen (secondary N) is 1. The van der Waals surface area contributed by atoms with Gasteiger partial charge in [0, 0.05) is 12.1 Å². The number of ether oxygens (including phenoxy) is 1. The second-order valence-corrected chi connectivity index (χ2v) is 5.77. The first-order valence-corrected chi connectivity index (χ1v) is 7.52. The number of carbonyl (C=O) groups excluding carboxylic acids is 1. The Morgan fingerprint density at radius 1 is 1.27 bits per heavy atom. The van der Waals surface area contributed by atoms with Gasteiger partial charge in [-0.1, -0.05) is 29.8 Å². The van der Waals surface area contributed by atoms with Crippen molar-refractivity contribution in [2.45, 2.75) is 6.42 Å². The molecule has 1 aliphatic rings. The van der Waals surface area contributed by atoms with Crippen LogP contribution in [0.2, 0.25) is 5.02 Å². The molecule has 0 spiro atoms. The van der Waals surface area contributed by atoms with Crippen LogP contribution in [0.4, 0.5) is 5.69 Å². The number of benzene rings is 2. The Labute approximate surface area is 134 Å². The van der Waals surface area contributed by atoms with Crippen LogP contribution in [0.25, 0.3) is 0 Å². The Morgan fingerprint density at radius 3 is 2.82 bits per heavy atom. The monoisotopic (exact) mass is 316 g/mol. The van der Waals surface area contributed by atoms with Crippen LogP contribution in [-0.4, -0.2) is 19.6 Å². The maximum Gasteiger partial charge on any atom is 0.245 e. The molecule has 0 unspecified atom stereocenters. The van der Waals surface area contributed by atoms with E-state index in [9.17, 15) is 4.79 Å². The summed E-state index contributed by atoms with van der Waals surface area (Å²) in [5, 5.41) is 2.38. The van der Waals surface area contributed by atoms with Crippen LogP contribution in [-0.2, 0) is 11.2 Å². The van der Waals surface area contributed by atoms with Crippen LogP contribution >= 0.6 is 11.6 Å². The van der Waals surface area contributed by atoms with Crippen molar-refractivity contribution in [1.82, 2.24) is 5.43 Å². The Morgan fingerprint density at radius 2 is 2.05 bits per heavy atom. The lowest BCUT2D eigenvalue weighted by Crippen LogP contribution is -2.45. The first-order chi connectivity index (χ1) is 10.6. The second-order valence-electron chi connectivity index (χ2n) is 5.33. The zero-order chi connectivity index (χ0) is 15.5. The standard InChI is InChI=1S/C17H17ClN2O2/c1-20(15-5-3-2-4-6-15)19-17(21)13-9-12-10-14(18)7-8-16(12)22-11-13/h2-8,10,13H,9,11H2,1H3,(H,19,21)/t13-/m0/s1. The van der Waals surface area contributed by atoms with Crippen molar-refractivity contribution in [3.05, 3.63) is 59.1 Å². The van der Waals surface area contributed by atoms with Crippen molar-refractivity contribution in [1.29, 1.82) is 0 Å². The number of halogens is 1. The molecule has 0 saturated carbocycles. The normalized spacial score (nSPS) is 16.4. The predicted molar refractivity (Wildman–Crippen MR) is 87.1 cm³/mol. The van der Waals surface area contributed by atoms with Gasteiger partial charge in [0.1, 0.15) is 12.4 Å². The smallest absolute Gasteiger partial charge is 0.245 e. The van der Waals surface area contributed by atoms with Gasteiger partial charge in [0.25, 0.3) is 0 Å². The highest BCUT2D eigenvalue weighted by Crippen LogP contribution is 2.29. The summed E-state index contributed by atoms with van der Waals surface area (Å²) >= 11 is 6.00. The number of amides is 1. The Hall–Kier alpha value is -2.20. The number of para-hydroxylation sites is 1. The van der Waals surface area contributed by atoms with E-state index in [0.717, 1.165) is 17.0 Å². The molecule has 1 N–H and O–H groups in total. The third-order valence-electron chi connectivity index (χ3n) is 3.72. The zero-order valence-corrected chi connectivity index (χ0v) is 13.0. The lowest BCUT2D eigenvalue weighted by molar-refractivity contribution is -0.126. The lowest BCUT2D eigenvalue weighted by Gasteiger charge is -2.27. The highest BCUT2D eigenvalue weighted by molar-refractivity contribution is 6.30. The number of anilines is 1.